The Kier molecular flexibility index (Phi) is 2.71. The summed E-state index contributed by atoms with van der Waals surface area (Å²) in [6.45, 7) is 8.64. The van der Waals surface area contributed by atoms with E-state index in [4.69, 9.17) is 0 Å². The molecule has 0 aromatic rings. The van der Waals surface area contributed by atoms with Gasteiger partial charge in [0, 0.05) is 6.54 Å². The maximum absolute atomic E-state index is 11.2. The summed E-state index contributed by atoms with van der Waals surface area (Å²) < 4.78 is 27.7. The third-order valence-electron chi connectivity index (χ3n) is 2.94. The van der Waals surface area contributed by atoms with E-state index in [9.17, 15) is 8.42 Å². The normalized spacial score (nSPS) is 25.7. The fraction of sp³-hybridized carbons (Fsp3) is 1.00. The predicted molar refractivity (Wildman–Crippen MR) is 52.5 cm³/mol. The molecule has 0 unspecified atom stereocenters. The molecule has 78 valence electrons. The number of rotatable bonds is 2. The average molecular weight is 206 g/mol. The number of nitrogens with one attached hydrogen (secondary N) is 2. The van der Waals surface area contributed by atoms with Gasteiger partial charge in [-0.15, -0.1) is 0 Å². The smallest absolute Gasteiger partial charge is 0.200 e. The van der Waals surface area contributed by atoms with Gasteiger partial charge < -0.3 is 0 Å². The third kappa shape index (κ3) is 1.87. The van der Waals surface area contributed by atoms with Crippen molar-refractivity contribution in [3.63, 3.8) is 0 Å². The van der Waals surface area contributed by atoms with Crippen molar-refractivity contribution in [3.8, 4) is 0 Å². The highest BCUT2D eigenvalue weighted by Gasteiger charge is 2.45. The Morgan fingerprint density at radius 3 is 1.77 bits per heavy atom. The van der Waals surface area contributed by atoms with Gasteiger partial charge >= 0.3 is 0 Å². The minimum Gasteiger partial charge on any atom is -0.200 e. The molecule has 4 nitrogen and oxygen atoms in total. The monoisotopic (exact) mass is 206 g/mol. The molecule has 0 bridgehead atoms. The maximum atomic E-state index is 11.2. The molecule has 2 N–H and O–H groups in total. The van der Waals surface area contributed by atoms with Gasteiger partial charge in [0.25, 0.3) is 10.2 Å². The molecule has 1 fully saturated rings. The molecule has 0 saturated carbocycles. The molecule has 0 amide bonds. The van der Waals surface area contributed by atoms with Crippen molar-refractivity contribution in [2.45, 2.75) is 33.2 Å². The van der Waals surface area contributed by atoms with E-state index < -0.39 is 10.2 Å². The summed E-state index contributed by atoms with van der Waals surface area (Å²) in [6.07, 6.45) is 0. The van der Waals surface area contributed by atoms with Crippen molar-refractivity contribution in [2.75, 3.05) is 6.54 Å². The lowest BCUT2D eigenvalue weighted by Gasteiger charge is -2.35. The third-order valence-corrected chi connectivity index (χ3v) is 4.11. The highest BCUT2D eigenvalue weighted by Crippen LogP contribution is 2.29. The largest absolute Gasteiger partial charge is 0.277 e. The highest BCUT2D eigenvalue weighted by atomic mass is 32.2. The minimum atomic E-state index is -3.24. The second-order valence-electron chi connectivity index (χ2n) is 4.28. The van der Waals surface area contributed by atoms with Gasteiger partial charge in [0.2, 0.25) is 0 Å². The molecule has 0 atom stereocenters. The first-order valence-corrected chi connectivity index (χ1v) is 6.07. The van der Waals surface area contributed by atoms with Crippen molar-refractivity contribution in [1.82, 2.24) is 9.44 Å². The predicted octanol–water partition coefficient (Wildman–Crippen LogP) is 0.475. The van der Waals surface area contributed by atoms with Crippen LogP contribution in [-0.2, 0) is 10.2 Å². The first kappa shape index (κ1) is 10.9. The zero-order valence-electron chi connectivity index (χ0n) is 8.59. The summed E-state index contributed by atoms with van der Waals surface area (Å²) in [5.41, 5.74) is -0.321. The van der Waals surface area contributed by atoms with Crippen LogP contribution in [0.15, 0.2) is 0 Å². The first-order chi connectivity index (χ1) is 5.80. The van der Waals surface area contributed by atoms with Gasteiger partial charge in [0.05, 0.1) is 5.54 Å². The van der Waals surface area contributed by atoms with Crippen LogP contribution in [0.3, 0.4) is 0 Å². The van der Waals surface area contributed by atoms with Crippen LogP contribution >= 0.6 is 0 Å². The van der Waals surface area contributed by atoms with Crippen LogP contribution < -0.4 is 9.44 Å². The summed E-state index contributed by atoms with van der Waals surface area (Å²) in [5.74, 6) is 0.578. The Bertz CT molecular complexity index is 275. The van der Waals surface area contributed by atoms with Crippen LogP contribution in [0.5, 0.6) is 0 Å². The zero-order chi connectivity index (χ0) is 10.3. The molecule has 0 radical (unpaired) electrons. The van der Waals surface area contributed by atoms with E-state index in [0.29, 0.717) is 6.54 Å². The number of hydrogen-bond donors (Lipinski definition) is 2. The van der Waals surface area contributed by atoms with E-state index in [1.165, 1.54) is 0 Å². The Labute approximate surface area is 80.3 Å². The van der Waals surface area contributed by atoms with Gasteiger partial charge in [-0.3, -0.25) is 0 Å². The maximum Gasteiger partial charge on any atom is 0.277 e. The van der Waals surface area contributed by atoms with Crippen molar-refractivity contribution in [1.29, 1.82) is 0 Å². The molecule has 13 heavy (non-hydrogen) atoms. The second kappa shape index (κ2) is 3.22. The van der Waals surface area contributed by atoms with Crippen LogP contribution in [-0.4, -0.2) is 20.5 Å². The van der Waals surface area contributed by atoms with E-state index in [1.807, 2.05) is 27.7 Å². The van der Waals surface area contributed by atoms with Crippen LogP contribution in [0.4, 0.5) is 0 Å². The summed E-state index contributed by atoms with van der Waals surface area (Å²) in [6, 6.07) is 0. The van der Waals surface area contributed by atoms with E-state index in [2.05, 4.69) is 9.44 Å². The highest BCUT2D eigenvalue weighted by molar-refractivity contribution is 7.87. The average Bonchev–Trinajstić information content (AvgIpc) is 2.27. The summed E-state index contributed by atoms with van der Waals surface area (Å²) in [7, 11) is -3.24. The molecular formula is C8H18N2O2S. The lowest BCUT2D eigenvalue weighted by Crippen LogP contribution is -2.52. The van der Waals surface area contributed by atoms with E-state index >= 15 is 0 Å². The van der Waals surface area contributed by atoms with Crippen LogP contribution in [0, 0.1) is 11.8 Å². The van der Waals surface area contributed by atoms with Crippen molar-refractivity contribution in [3.05, 3.63) is 0 Å². The van der Waals surface area contributed by atoms with Gasteiger partial charge in [-0.05, 0) is 11.8 Å². The summed E-state index contributed by atoms with van der Waals surface area (Å²) in [4.78, 5) is 0. The Hall–Kier alpha value is -0.130. The van der Waals surface area contributed by atoms with E-state index in [0.717, 1.165) is 0 Å². The lowest BCUT2D eigenvalue weighted by molar-refractivity contribution is 0.219. The topological polar surface area (TPSA) is 58.2 Å². The van der Waals surface area contributed by atoms with Crippen LogP contribution in [0.25, 0.3) is 0 Å². The van der Waals surface area contributed by atoms with Gasteiger partial charge in [0.1, 0.15) is 0 Å². The molecule has 0 aliphatic carbocycles. The van der Waals surface area contributed by atoms with Gasteiger partial charge in [-0.1, -0.05) is 27.7 Å². The van der Waals surface area contributed by atoms with Crippen LogP contribution in [0.1, 0.15) is 27.7 Å². The SMILES string of the molecule is CC(C)C1(C(C)C)CNS(=O)(=O)N1. The van der Waals surface area contributed by atoms with E-state index in [-0.39, 0.29) is 17.4 Å². The van der Waals surface area contributed by atoms with Crippen molar-refractivity contribution < 1.29 is 8.42 Å². The molecule has 1 heterocycles. The fourth-order valence-electron chi connectivity index (χ4n) is 1.85. The van der Waals surface area contributed by atoms with Gasteiger partial charge in [-0.2, -0.15) is 13.1 Å². The van der Waals surface area contributed by atoms with Crippen molar-refractivity contribution in [2.24, 2.45) is 11.8 Å². The van der Waals surface area contributed by atoms with Crippen molar-refractivity contribution >= 4 is 10.2 Å². The first-order valence-electron chi connectivity index (χ1n) is 4.59. The molecule has 1 aliphatic rings. The van der Waals surface area contributed by atoms with Crippen LogP contribution in [0.2, 0.25) is 0 Å². The molecule has 5 heteroatoms. The Morgan fingerprint density at radius 1 is 1.15 bits per heavy atom. The molecule has 0 spiro atoms. The lowest BCUT2D eigenvalue weighted by atomic mass is 9.78. The molecule has 0 aromatic carbocycles. The second-order valence-corrected chi connectivity index (χ2v) is 5.78. The standard InChI is InChI=1S/C8H18N2O2S/c1-6(2)8(7(3)4)5-9-13(11,12)10-8/h6-7,9-10H,5H2,1-4H3. The zero-order valence-corrected chi connectivity index (χ0v) is 9.40. The van der Waals surface area contributed by atoms with Gasteiger partial charge in [0.15, 0.2) is 0 Å². The summed E-state index contributed by atoms with van der Waals surface area (Å²) >= 11 is 0. The molecule has 0 aromatic heterocycles. The fourth-order valence-corrected chi connectivity index (χ4v) is 3.39. The number of hydrogen-bond acceptors (Lipinski definition) is 2. The quantitative estimate of drug-likeness (QED) is 0.690. The Balaban J connectivity index is 2.97. The summed E-state index contributed by atoms with van der Waals surface area (Å²) in [5, 5.41) is 0. The Morgan fingerprint density at radius 2 is 1.62 bits per heavy atom. The van der Waals surface area contributed by atoms with Gasteiger partial charge in [-0.25, -0.2) is 4.72 Å². The minimum absolute atomic E-state index is 0.289. The molecular weight excluding hydrogens is 188 g/mol. The molecule has 1 saturated heterocycles. The molecule has 1 rings (SSSR count). The molecule has 1 aliphatic heterocycles. The van der Waals surface area contributed by atoms with E-state index in [1.54, 1.807) is 0 Å².